The van der Waals surface area contributed by atoms with E-state index < -0.39 is 16.6 Å². The van der Waals surface area contributed by atoms with Crippen molar-refractivity contribution in [3.63, 3.8) is 0 Å². The highest BCUT2D eigenvalue weighted by Crippen LogP contribution is 2.20. The third kappa shape index (κ3) is 7.17. The summed E-state index contributed by atoms with van der Waals surface area (Å²) < 4.78 is 24.8. The average molecular weight is 299 g/mol. The Morgan fingerprint density at radius 1 is 0.895 bits per heavy atom. The maximum Gasteiger partial charge on any atom is 0.251 e. The van der Waals surface area contributed by atoms with Gasteiger partial charge in [0.1, 0.15) is 5.82 Å². The minimum Gasteiger partial charge on any atom is -0.521 e. The first-order valence-corrected chi connectivity index (χ1v) is 13.2. The van der Waals surface area contributed by atoms with Crippen molar-refractivity contribution in [1.82, 2.24) is 0 Å². The Balaban J connectivity index is 2.98. The highest BCUT2D eigenvalue weighted by Gasteiger charge is 2.23. The molecule has 0 amide bonds. The van der Waals surface area contributed by atoms with Crippen molar-refractivity contribution in [2.24, 2.45) is 0 Å². The third-order valence-corrected chi connectivity index (χ3v) is 3.60. The second-order valence-electron chi connectivity index (χ2n) is 6.44. The molecule has 0 heterocycles. The molecule has 0 aliphatic heterocycles. The highest BCUT2D eigenvalue weighted by atomic mass is 28.4. The maximum absolute atomic E-state index is 12.9. The van der Waals surface area contributed by atoms with Crippen LogP contribution in [-0.2, 0) is 8.85 Å². The fourth-order valence-electron chi connectivity index (χ4n) is 1.38. The van der Waals surface area contributed by atoms with Crippen LogP contribution >= 0.6 is 0 Å². The molecule has 0 aliphatic rings. The van der Waals surface area contributed by atoms with Crippen molar-refractivity contribution in [2.75, 3.05) is 0 Å². The van der Waals surface area contributed by atoms with Gasteiger partial charge in [-0.25, -0.2) is 4.39 Å². The second kappa shape index (κ2) is 5.92. The van der Waals surface area contributed by atoms with E-state index in [1.807, 2.05) is 6.08 Å². The molecular weight excluding hydrogens is 275 g/mol. The van der Waals surface area contributed by atoms with Crippen LogP contribution in [-0.4, -0.2) is 16.6 Å². The zero-order valence-electron chi connectivity index (χ0n) is 12.6. The first kappa shape index (κ1) is 16.0. The van der Waals surface area contributed by atoms with Crippen LogP contribution < -0.4 is 0 Å². The highest BCUT2D eigenvalue weighted by molar-refractivity contribution is 6.71. The Labute approximate surface area is 117 Å². The van der Waals surface area contributed by atoms with E-state index in [0.29, 0.717) is 5.95 Å². The predicted molar refractivity (Wildman–Crippen MR) is 83.2 cm³/mol. The topological polar surface area (TPSA) is 18.5 Å². The van der Waals surface area contributed by atoms with Crippen molar-refractivity contribution in [3.8, 4) is 0 Å². The molecule has 0 saturated heterocycles. The van der Waals surface area contributed by atoms with E-state index in [2.05, 4.69) is 39.3 Å². The van der Waals surface area contributed by atoms with E-state index in [4.69, 9.17) is 8.85 Å². The zero-order chi connectivity index (χ0) is 14.7. The largest absolute Gasteiger partial charge is 0.521 e. The van der Waals surface area contributed by atoms with Gasteiger partial charge in [0.2, 0.25) is 16.6 Å². The molecule has 0 aromatic heterocycles. The van der Waals surface area contributed by atoms with Crippen LogP contribution in [0.2, 0.25) is 39.3 Å². The Morgan fingerprint density at radius 3 is 1.68 bits per heavy atom. The summed E-state index contributed by atoms with van der Waals surface area (Å²) in [7, 11) is -3.46. The lowest BCUT2D eigenvalue weighted by atomic mass is 10.2. The molecule has 0 fully saturated rings. The quantitative estimate of drug-likeness (QED) is 0.573. The fraction of sp³-hybridized carbons (Fsp3) is 0.429. The molecule has 19 heavy (non-hydrogen) atoms. The minimum atomic E-state index is -1.73. The van der Waals surface area contributed by atoms with Crippen LogP contribution in [0.4, 0.5) is 4.39 Å². The Hall–Kier alpha value is -1.08. The van der Waals surface area contributed by atoms with Gasteiger partial charge in [0, 0.05) is 6.08 Å². The van der Waals surface area contributed by atoms with E-state index in [-0.39, 0.29) is 5.82 Å². The van der Waals surface area contributed by atoms with E-state index in [1.165, 1.54) is 12.1 Å². The lowest BCUT2D eigenvalue weighted by Gasteiger charge is -2.27. The summed E-state index contributed by atoms with van der Waals surface area (Å²) in [6.45, 7) is 12.7. The van der Waals surface area contributed by atoms with Crippen LogP contribution in [0.15, 0.2) is 30.2 Å². The van der Waals surface area contributed by atoms with Gasteiger partial charge in [-0.15, -0.1) is 0 Å². The summed E-state index contributed by atoms with van der Waals surface area (Å²) in [6, 6.07) is 6.31. The third-order valence-electron chi connectivity index (χ3n) is 1.97. The van der Waals surface area contributed by atoms with Crippen LogP contribution in [0.3, 0.4) is 0 Å². The van der Waals surface area contributed by atoms with Crippen molar-refractivity contribution in [2.45, 2.75) is 39.3 Å². The van der Waals surface area contributed by atoms with Crippen molar-refractivity contribution >= 4 is 22.7 Å². The normalized spacial score (nSPS) is 11.9. The van der Waals surface area contributed by atoms with Gasteiger partial charge in [-0.05, 0) is 57.0 Å². The smallest absolute Gasteiger partial charge is 0.251 e. The molecule has 1 aromatic carbocycles. The van der Waals surface area contributed by atoms with Crippen molar-refractivity contribution in [3.05, 3.63) is 41.6 Å². The Bertz CT molecular complexity index is 424. The van der Waals surface area contributed by atoms with E-state index >= 15 is 0 Å². The molecule has 0 aliphatic carbocycles. The van der Waals surface area contributed by atoms with Gasteiger partial charge in [-0.1, -0.05) is 12.1 Å². The average Bonchev–Trinajstić information content (AvgIpc) is 2.16. The lowest BCUT2D eigenvalue weighted by Crippen LogP contribution is -2.31. The number of hydrogen-bond acceptors (Lipinski definition) is 2. The summed E-state index contributed by atoms with van der Waals surface area (Å²) >= 11 is 0. The maximum atomic E-state index is 12.9. The summed E-state index contributed by atoms with van der Waals surface area (Å²) in [4.78, 5) is 0. The van der Waals surface area contributed by atoms with Crippen LogP contribution in [0.5, 0.6) is 0 Å². The summed E-state index contributed by atoms with van der Waals surface area (Å²) in [5.41, 5.74) is 0.882. The van der Waals surface area contributed by atoms with Gasteiger partial charge >= 0.3 is 0 Å². The monoisotopic (exact) mass is 298 g/mol. The van der Waals surface area contributed by atoms with Crippen molar-refractivity contribution in [1.29, 1.82) is 0 Å². The number of halogens is 1. The molecule has 106 valence electrons. The fourth-order valence-corrected chi connectivity index (χ4v) is 2.87. The predicted octanol–water partition coefficient (Wildman–Crippen LogP) is 4.83. The molecule has 0 spiro atoms. The number of hydrogen-bond donors (Lipinski definition) is 0. The first-order chi connectivity index (χ1) is 8.55. The first-order valence-electron chi connectivity index (χ1n) is 6.40. The van der Waals surface area contributed by atoms with Crippen LogP contribution in [0, 0.1) is 5.82 Å². The second-order valence-corrected chi connectivity index (χ2v) is 15.3. The molecule has 1 rings (SSSR count). The molecule has 1 aromatic rings. The number of rotatable bonds is 5. The van der Waals surface area contributed by atoms with Gasteiger partial charge in [0.25, 0.3) is 5.95 Å². The van der Waals surface area contributed by atoms with E-state index in [0.717, 1.165) is 5.56 Å². The molecule has 5 heteroatoms. The summed E-state index contributed by atoms with van der Waals surface area (Å²) in [6.07, 6.45) is 1.84. The number of benzene rings is 1. The molecule has 0 atom stereocenters. The molecule has 0 saturated carbocycles. The standard InChI is InChI=1S/C14H23FO2Si2/c1-18(2,3)16-14(17-19(4,5)6)11-12-7-9-13(15)10-8-12/h7-11H,1-6H3. The van der Waals surface area contributed by atoms with E-state index in [9.17, 15) is 4.39 Å². The Morgan fingerprint density at radius 2 is 1.32 bits per heavy atom. The van der Waals surface area contributed by atoms with Crippen LogP contribution in [0.25, 0.3) is 6.08 Å². The molecule has 0 unspecified atom stereocenters. The lowest BCUT2D eigenvalue weighted by molar-refractivity contribution is 0.222. The molecular formula is C14H23FO2Si2. The zero-order valence-corrected chi connectivity index (χ0v) is 14.6. The van der Waals surface area contributed by atoms with Gasteiger partial charge in [0.15, 0.2) is 0 Å². The summed E-state index contributed by atoms with van der Waals surface area (Å²) in [5.74, 6) is 0.320. The molecule has 0 radical (unpaired) electrons. The van der Waals surface area contributed by atoms with Gasteiger partial charge in [-0.2, -0.15) is 0 Å². The van der Waals surface area contributed by atoms with Crippen LogP contribution in [0.1, 0.15) is 5.56 Å². The van der Waals surface area contributed by atoms with Gasteiger partial charge < -0.3 is 8.85 Å². The molecule has 0 bridgehead atoms. The summed E-state index contributed by atoms with van der Waals surface area (Å²) in [5, 5.41) is 0. The Kier molecular flexibility index (Phi) is 4.98. The van der Waals surface area contributed by atoms with Crippen molar-refractivity contribution < 1.29 is 13.2 Å². The van der Waals surface area contributed by atoms with E-state index in [1.54, 1.807) is 12.1 Å². The SMILES string of the molecule is C[Si](C)(C)OC(=Cc1ccc(F)cc1)O[Si](C)(C)C. The molecule has 2 nitrogen and oxygen atoms in total. The van der Waals surface area contributed by atoms with Gasteiger partial charge in [0.05, 0.1) is 0 Å². The molecule has 0 N–H and O–H groups in total. The minimum absolute atomic E-state index is 0.240. The van der Waals surface area contributed by atoms with Gasteiger partial charge in [-0.3, -0.25) is 0 Å².